The van der Waals surface area contributed by atoms with Crippen LogP contribution in [0.5, 0.6) is 6.01 Å². The van der Waals surface area contributed by atoms with E-state index in [2.05, 4.69) is 27.8 Å². The lowest BCUT2D eigenvalue weighted by atomic mass is 9.81. The standard InChI is InChI=1S/C34H43Cl2FN8O2/c1-42(2)31(46)29(38)28(36)26-19-44(13-6-12-39-26)30-23-18-43(3)34(11-9-21-7-4-8-24(35)27(21)34)16-25(23)40-32(41-30)47-20-33-10-5-14-45(33)17-22(37)15-33/h4,7-8,22,38-39H,5-6,9-20H2,1-3H3/p+1/b28-26+,38-29?/t22?,33-,34-/m0/s1. The molecule has 3 N–H and O–H groups in total. The maximum Gasteiger partial charge on any atom is 0.318 e. The van der Waals surface area contributed by atoms with Crippen molar-refractivity contribution in [1.82, 2.24) is 24.7 Å². The fourth-order valence-electron chi connectivity index (χ4n) is 8.63. The van der Waals surface area contributed by atoms with Crippen LogP contribution in [0.2, 0.25) is 5.02 Å². The monoisotopic (exact) mass is 685 g/mol. The molecule has 1 aromatic carbocycles. The molecule has 47 heavy (non-hydrogen) atoms. The number of carbonyl (C=O) groups excluding carboxylic acids is 1. The number of aryl methyl sites for hydroxylation is 1. The van der Waals surface area contributed by atoms with Crippen molar-refractivity contribution < 1.29 is 19.2 Å². The van der Waals surface area contributed by atoms with Gasteiger partial charge in [-0.25, -0.2) is 4.39 Å². The van der Waals surface area contributed by atoms with Gasteiger partial charge in [0, 0.05) is 63.6 Å². The number of benzene rings is 1. The first-order chi connectivity index (χ1) is 22.5. The number of nitrogens with zero attached hydrogens (tertiary/aromatic N) is 6. The summed E-state index contributed by atoms with van der Waals surface area (Å²) in [7, 11) is 5.39. The number of quaternary nitrogens is 1. The first kappa shape index (κ1) is 32.7. The summed E-state index contributed by atoms with van der Waals surface area (Å²) in [6.07, 6.45) is 4.98. The molecule has 1 unspecified atom stereocenters. The van der Waals surface area contributed by atoms with Crippen molar-refractivity contribution in [3.05, 3.63) is 56.3 Å². The third kappa shape index (κ3) is 5.71. The Morgan fingerprint density at radius 3 is 2.85 bits per heavy atom. The lowest BCUT2D eigenvalue weighted by Crippen LogP contribution is -2.83. The zero-order valence-corrected chi connectivity index (χ0v) is 28.9. The Bertz CT molecular complexity index is 1640. The number of nitrogens with two attached hydrogens (primary N) is 1. The minimum Gasteiger partial charge on any atom is -0.461 e. The average Bonchev–Trinajstić information content (AvgIpc) is 3.63. The van der Waals surface area contributed by atoms with Gasteiger partial charge in [-0.2, -0.15) is 9.97 Å². The highest BCUT2D eigenvalue weighted by Crippen LogP contribution is 2.50. The Balaban J connectivity index is 1.28. The predicted octanol–water partition coefficient (Wildman–Crippen LogP) is 3.25. The first-order valence-corrected chi connectivity index (χ1v) is 17.5. The van der Waals surface area contributed by atoms with Gasteiger partial charge in [-0.1, -0.05) is 35.3 Å². The van der Waals surface area contributed by atoms with Crippen LogP contribution in [0.15, 0.2) is 28.9 Å². The molecule has 3 saturated heterocycles. The minimum atomic E-state index is -0.845. The van der Waals surface area contributed by atoms with Gasteiger partial charge in [0.25, 0.3) is 5.91 Å². The summed E-state index contributed by atoms with van der Waals surface area (Å²) in [4.78, 5) is 31.0. The highest BCUT2D eigenvalue weighted by Gasteiger charge is 2.50. The molecule has 3 atom stereocenters. The molecule has 4 aliphatic heterocycles. The van der Waals surface area contributed by atoms with Crippen molar-refractivity contribution in [3.63, 3.8) is 0 Å². The van der Waals surface area contributed by atoms with Crippen molar-refractivity contribution in [2.45, 2.75) is 68.7 Å². The maximum absolute atomic E-state index is 14.6. The largest absolute Gasteiger partial charge is 0.461 e. The number of fused-ring (bicyclic) bond motifs is 4. The summed E-state index contributed by atoms with van der Waals surface area (Å²) in [6.45, 7) is 4.20. The molecular weight excluding hydrogens is 642 g/mol. The molecule has 1 aliphatic carbocycles. The van der Waals surface area contributed by atoms with Gasteiger partial charge in [-0.3, -0.25) is 20.0 Å². The van der Waals surface area contributed by atoms with Crippen LogP contribution in [0.4, 0.5) is 10.2 Å². The summed E-state index contributed by atoms with van der Waals surface area (Å²) in [5.74, 6) is 0.342. The number of carbonyl (C=O) groups is 1. The smallest absolute Gasteiger partial charge is 0.318 e. The molecular formula is C34H44Cl2FN8O2+. The van der Waals surface area contributed by atoms with E-state index in [1.165, 1.54) is 16.0 Å². The second-order valence-electron chi connectivity index (χ2n) is 14.1. The second kappa shape index (κ2) is 12.6. The fraction of sp³-hybridized carbons (Fsp3) is 0.588. The quantitative estimate of drug-likeness (QED) is 0.450. The van der Waals surface area contributed by atoms with E-state index >= 15 is 0 Å². The minimum absolute atomic E-state index is 0.158. The van der Waals surface area contributed by atoms with Gasteiger partial charge in [0.05, 0.1) is 29.9 Å². The van der Waals surface area contributed by atoms with Gasteiger partial charge >= 0.3 is 6.01 Å². The fourth-order valence-corrected chi connectivity index (χ4v) is 9.21. The molecule has 5 heterocycles. The molecule has 13 heteroatoms. The van der Waals surface area contributed by atoms with Crippen LogP contribution in [0.25, 0.3) is 0 Å². The van der Waals surface area contributed by atoms with Crippen molar-refractivity contribution in [1.29, 1.82) is 5.41 Å². The van der Waals surface area contributed by atoms with E-state index in [1.54, 1.807) is 14.1 Å². The summed E-state index contributed by atoms with van der Waals surface area (Å²) < 4.78 is 21.1. The normalized spacial score (nSPS) is 28.6. The molecule has 5 aliphatic rings. The van der Waals surface area contributed by atoms with Crippen LogP contribution >= 0.6 is 23.2 Å². The van der Waals surface area contributed by atoms with Crippen molar-refractivity contribution in [2.75, 3.05) is 65.4 Å². The van der Waals surface area contributed by atoms with E-state index in [0.717, 1.165) is 73.0 Å². The van der Waals surface area contributed by atoms with Gasteiger partial charge in [-0.15, -0.1) is 0 Å². The van der Waals surface area contributed by atoms with Gasteiger partial charge in [0.1, 0.15) is 35.0 Å². The van der Waals surface area contributed by atoms with Crippen molar-refractivity contribution in [3.8, 4) is 6.01 Å². The molecule has 0 radical (unpaired) electrons. The molecule has 3 fully saturated rings. The van der Waals surface area contributed by atoms with Gasteiger partial charge < -0.3 is 19.9 Å². The Morgan fingerprint density at radius 2 is 2.04 bits per heavy atom. The van der Waals surface area contributed by atoms with Crippen molar-refractivity contribution >= 4 is 40.6 Å². The molecule has 252 valence electrons. The highest BCUT2D eigenvalue weighted by atomic mass is 35.5. The summed E-state index contributed by atoms with van der Waals surface area (Å²) in [6, 6.07) is 6.49. The Labute approximate surface area is 285 Å². The Kier molecular flexibility index (Phi) is 8.74. The van der Waals surface area contributed by atoms with E-state index in [-0.39, 0.29) is 21.8 Å². The van der Waals surface area contributed by atoms with Gasteiger partial charge in [-0.05, 0) is 56.5 Å². The molecule has 1 aromatic heterocycles. The number of likely N-dealkylation sites (N-methyl/N-ethyl adjacent to an activating group) is 1. The Hall–Kier alpha value is -2.83. The lowest BCUT2D eigenvalue weighted by Gasteiger charge is -2.45. The van der Waals surface area contributed by atoms with E-state index < -0.39 is 12.1 Å². The number of amides is 1. The molecule has 1 spiro atoms. The number of rotatable bonds is 6. The number of aromatic nitrogens is 2. The maximum atomic E-state index is 14.6. The average molecular weight is 687 g/mol. The van der Waals surface area contributed by atoms with Crippen LogP contribution in [0, 0.1) is 5.41 Å². The Morgan fingerprint density at radius 1 is 1.21 bits per heavy atom. The molecule has 10 nitrogen and oxygen atoms in total. The molecule has 2 aromatic rings. The molecule has 1 amide bonds. The number of halogens is 3. The molecule has 7 rings (SSSR count). The highest BCUT2D eigenvalue weighted by molar-refractivity contribution is 6.58. The topological polar surface area (TPSA) is 106 Å². The van der Waals surface area contributed by atoms with Crippen LogP contribution in [0.3, 0.4) is 0 Å². The third-order valence-corrected chi connectivity index (χ3v) is 11.8. The number of nitrogens with one attached hydrogen (secondary N) is 1. The van der Waals surface area contributed by atoms with E-state index in [1.807, 2.05) is 17.4 Å². The predicted molar refractivity (Wildman–Crippen MR) is 180 cm³/mol. The summed E-state index contributed by atoms with van der Waals surface area (Å²) in [5.41, 5.74) is 4.33. The number of alkyl halides is 1. The number of hydrogen-bond acceptors (Lipinski definition) is 8. The summed E-state index contributed by atoms with van der Waals surface area (Å²) >= 11 is 13.6. The summed E-state index contributed by atoms with van der Waals surface area (Å²) in [5, 5.41) is 11.5. The van der Waals surface area contributed by atoms with Gasteiger partial charge in [0.15, 0.2) is 0 Å². The third-order valence-electron chi connectivity index (χ3n) is 11.0. The molecule has 0 saturated carbocycles. The molecule has 0 bridgehead atoms. The zero-order chi connectivity index (χ0) is 33.1. The number of anilines is 1. The van der Waals surface area contributed by atoms with Crippen LogP contribution in [-0.4, -0.2) is 108 Å². The van der Waals surface area contributed by atoms with E-state index in [4.69, 9.17) is 43.3 Å². The van der Waals surface area contributed by atoms with Crippen LogP contribution in [-0.2, 0) is 29.7 Å². The van der Waals surface area contributed by atoms with Crippen LogP contribution in [0.1, 0.15) is 54.5 Å². The van der Waals surface area contributed by atoms with Crippen molar-refractivity contribution in [2.24, 2.45) is 0 Å². The van der Waals surface area contributed by atoms with E-state index in [0.29, 0.717) is 51.6 Å². The van der Waals surface area contributed by atoms with Gasteiger partial charge in [0.2, 0.25) is 0 Å². The second-order valence-corrected chi connectivity index (χ2v) is 14.9. The SMILES string of the molecule is CN(C)C(=O)C(=N)/C(Cl)=C1/CN(c2nc(OC[C@@]34CCCN3CC(F)C4)nc3c2CN(C)[C@@]2(CCc4cccc(Cl)c42)C3)CCC[NH2+]1. The van der Waals surface area contributed by atoms with Crippen LogP contribution < -0.4 is 15.0 Å². The lowest BCUT2D eigenvalue weighted by molar-refractivity contribution is -0.605. The number of ether oxygens (including phenoxy) is 1. The number of hydrogen-bond donors (Lipinski definition) is 2. The van der Waals surface area contributed by atoms with E-state index in [9.17, 15) is 9.18 Å². The zero-order valence-electron chi connectivity index (χ0n) is 27.4. The first-order valence-electron chi connectivity index (χ1n) is 16.7.